The number of carbonyl (C=O) groups is 1. The van der Waals surface area contributed by atoms with E-state index in [4.69, 9.17) is 16.1 Å². The number of nitrogens with zero attached hydrogens (tertiary/aromatic N) is 4. The zero-order valence-corrected chi connectivity index (χ0v) is 15.7. The van der Waals surface area contributed by atoms with Crippen LogP contribution in [0.4, 0.5) is 4.79 Å². The van der Waals surface area contributed by atoms with Gasteiger partial charge in [-0.1, -0.05) is 16.8 Å². The molecule has 0 saturated carbocycles. The van der Waals surface area contributed by atoms with Crippen LogP contribution >= 0.6 is 11.6 Å². The number of H-pyrrole nitrogens is 1. The number of fused-ring (bicyclic) bond motifs is 1. The molecule has 1 aromatic carbocycles. The van der Waals surface area contributed by atoms with Gasteiger partial charge in [0.15, 0.2) is 0 Å². The van der Waals surface area contributed by atoms with Crippen molar-refractivity contribution in [2.45, 2.75) is 38.9 Å². The van der Waals surface area contributed by atoms with Gasteiger partial charge in [-0.15, -0.1) is 0 Å². The summed E-state index contributed by atoms with van der Waals surface area (Å²) in [6.45, 7) is 4.24. The van der Waals surface area contributed by atoms with Gasteiger partial charge in [0.1, 0.15) is 6.04 Å². The number of amides is 2. The first-order valence-electron chi connectivity index (χ1n) is 8.69. The summed E-state index contributed by atoms with van der Waals surface area (Å²) < 4.78 is 5.51. The fourth-order valence-corrected chi connectivity index (χ4v) is 3.21. The SMILES string of the molecule is CC(C)NC(=O)N1Cc2[nH]cnc2C[C@H]1c1nc(-c2ccc(Cl)cc2)no1. The number of imidazole rings is 1. The average molecular weight is 387 g/mol. The normalized spacial score (nSPS) is 16.4. The van der Waals surface area contributed by atoms with Crippen molar-refractivity contribution in [1.82, 2.24) is 30.3 Å². The van der Waals surface area contributed by atoms with Gasteiger partial charge in [-0.2, -0.15) is 4.98 Å². The van der Waals surface area contributed by atoms with E-state index >= 15 is 0 Å². The van der Waals surface area contributed by atoms with Gasteiger partial charge in [0.2, 0.25) is 11.7 Å². The zero-order valence-electron chi connectivity index (χ0n) is 14.9. The molecule has 2 N–H and O–H groups in total. The summed E-state index contributed by atoms with van der Waals surface area (Å²) in [5, 5.41) is 7.64. The molecule has 1 aliphatic heterocycles. The minimum atomic E-state index is -0.381. The number of halogens is 1. The lowest BCUT2D eigenvalue weighted by Crippen LogP contribution is -2.46. The second kappa shape index (κ2) is 7.03. The molecule has 27 heavy (non-hydrogen) atoms. The van der Waals surface area contributed by atoms with Gasteiger partial charge >= 0.3 is 6.03 Å². The molecule has 2 amide bonds. The molecule has 3 heterocycles. The van der Waals surface area contributed by atoms with Gasteiger partial charge in [-0.25, -0.2) is 9.78 Å². The maximum Gasteiger partial charge on any atom is 0.318 e. The molecule has 4 rings (SSSR count). The molecule has 0 fully saturated rings. The summed E-state index contributed by atoms with van der Waals surface area (Å²) in [5.41, 5.74) is 2.62. The first-order valence-corrected chi connectivity index (χ1v) is 9.07. The molecule has 140 valence electrons. The smallest absolute Gasteiger partial charge is 0.318 e. The van der Waals surface area contributed by atoms with E-state index < -0.39 is 0 Å². The second-order valence-electron chi connectivity index (χ2n) is 6.74. The zero-order chi connectivity index (χ0) is 19.0. The van der Waals surface area contributed by atoms with E-state index in [1.54, 1.807) is 23.4 Å². The van der Waals surface area contributed by atoms with Gasteiger partial charge in [0.05, 0.1) is 24.3 Å². The number of aromatic amines is 1. The molecule has 9 heteroatoms. The van der Waals surface area contributed by atoms with Crippen LogP contribution in [0.2, 0.25) is 5.02 Å². The molecule has 0 unspecified atom stereocenters. The van der Waals surface area contributed by atoms with Crippen LogP contribution in [0.25, 0.3) is 11.4 Å². The Bertz CT molecular complexity index is 949. The Morgan fingerprint density at radius 2 is 2.15 bits per heavy atom. The highest BCUT2D eigenvalue weighted by molar-refractivity contribution is 6.30. The van der Waals surface area contributed by atoms with Crippen LogP contribution in [-0.2, 0) is 13.0 Å². The van der Waals surface area contributed by atoms with Crippen LogP contribution in [0.1, 0.15) is 37.2 Å². The lowest BCUT2D eigenvalue weighted by atomic mass is 10.0. The fourth-order valence-electron chi connectivity index (χ4n) is 3.09. The number of urea groups is 1. The lowest BCUT2D eigenvalue weighted by molar-refractivity contribution is 0.142. The number of hydrogen-bond acceptors (Lipinski definition) is 5. The summed E-state index contributed by atoms with van der Waals surface area (Å²) in [7, 11) is 0. The molecule has 1 atom stereocenters. The van der Waals surface area contributed by atoms with Crippen LogP contribution < -0.4 is 5.32 Å². The van der Waals surface area contributed by atoms with E-state index in [2.05, 4.69) is 25.4 Å². The molecule has 0 aliphatic carbocycles. The average Bonchev–Trinajstić information content (AvgIpc) is 3.29. The highest BCUT2D eigenvalue weighted by atomic mass is 35.5. The largest absolute Gasteiger partial charge is 0.347 e. The van der Waals surface area contributed by atoms with Gasteiger partial charge in [-0.3, -0.25) is 0 Å². The summed E-state index contributed by atoms with van der Waals surface area (Å²) in [6.07, 6.45) is 2.14. The number of aromatic nitrogens is 4. The highest BCUT2D eigenvalue weighted by Crippen LogP contribution is 2.32. The fraction of sp³-hybridized carbons (Fsp3) is 0.333. The van der Waals surface area contributed by atoms with Crippen molar-refractivity contribution < 1.29 is 9.32 Å². The monoisotopic (exact) mass is 386 g/mol. The molecule has 2 aromatic heterocycles. The maximum absolute atomic E-state index is 12.7. The number of rotatable bonds is 3. The van der Waals surface area contributed by atoms with E-state index in [9.17, 15) is 4.79 Å². The number of benzene rings is 1. The Morgan fingerprint density at radius 1 is 1.37 bits per heavy atom. The molecular formula is C18H19ClN6O2. The van der Waals surface area contributed by atoms with Crippen LogP contribution in [0.15, 0.2) is 35.1 Å². The van der Waals surface area contributed by atoms with Crippen molar-refractivity contribution >= 4 is 17.6 Å². The van der Waals surface area contributed by atoms with E-state index in [1.807, 2.05) is 26.0 Å². The van der Waals surface area contributed by atoms with Gasteiger partial charge in [-0.05, 0) is 38.1 Å². The Kier molecular flexibility index (Phi) is 4.57. The minimum Gasteiger partial charge on any atom is -0.347 e. The van der Waals surface area contributed by atoms with Crippen molar-refractivity contribution in [3.63, 3.8) is 0 Å². The summed E-state index contributed by atoms with van der Waals surface area (Å²) in [6, 6.07) is 6.65. The van der Waals surface area contributed by atoms with Crippen LogP contribution in [0, 0.1) is 0 Å². The van der Waals surface area contributed by atoms with Crippen LogP contribution in [0.3, 0.4) is 0 Å². The predicted molar refractivity (Wildman–Crippen MR) is 99.0 cm³/mol. The van der Waals surface area contributed by atoms with Crippen molar-refractivity contribution in [2.75, 3.05) is 0 Å². The summed E-state index contributed by atoms with van der Waals surface area (Å²) in [5.74, 6) is 0.839. The molecular weight excluding hydrogens is 368 g/mol. The Balaban J connectivity index is 1.65. The standard InChI is InChI=1S/C18H19ClN6O2/c1-10(2)22-18(26)25-8-14-13(20-9-21-14)7-15(25)17-23-16(24-27-17)11-3-5-12(19)6-4-11/h3-6,9-10,15H,7-8H2,1-2H3,(H,20,21)(H,22,26)/t15-/m0/s1. The maximum atomic E-state index is 12.7. The van der Waals surface area contributed by atoms with E-state index in [1.165, 1.54) is 0 Å². The topological polar surface area (TPSA) is 99.9 Å². The Morgan fingerprint density at radius 3 is 2.89 bits per heavy atom. The Labute approximate surface area is 160 Å². The molecule has 3 aromatic rings. The van der Waals surface area contributed by atoms with Gasteiger partial charge in [0, 0.05) is 23.0 Å². The highest BCUT2D eigenvalue weighted by Gasteiger charge is 2.36. The lowest BCUT2D eigenvalue weighted by Gasteiger charge is -2.33. The minimum absolute atomic E-state index is 0.0219. The predicted octanol–water partition coefficient (Wildman–Crippen LogP) is 3.33. The van der Waals surface area contributed by atoms with Crippen LogP contribution in [0.5, 0.6) is 0 Å². The van der Waals surface area contributed by atoms with E-state index in [0.29, 0.717) is 29.7 Å². The first-order chi connectivity index (χ1) is 13.0. The van der Waals surface area contributed by atoms with Crippen molar-refractivity contribution in [2.24, 2.45) is 0 Å². The molecule has 1 aliphatic rings. The third-order valence-electron chi connectivity index (χ3n) is 4.40. The third kappa shape index (κ3) is 3.52. The quantitative estimate of drug-likeness (QED) is 0.719. The Hall–Kier alpha value is -2.87. The number of carbonyl (C=O) groups excluding carboxylic acids is 1. The number of nitrogens with one attached hydrogen (secondary N) is 2. The van der Waals surface area contributed by atoms with Gasteiger partial charge < -0.3 is 19.7 Å². The molecule has 0 radical (unpaired) electrons. The van der Waals surface area contributed by atoms with Crippen LogP contribution in [-0.4, -0.2) is 37.1 Å². The summed E-state index contributed by atoms with van der Waals surface area (Å²) in [4.78, 5) is 26.4. The first kappa shape index (κ1) is 17.5. The van der Waals surface area contributed by atoms with Gasteiger partial charge in [0.25, 0.3) is 0 Å². The molecule has 8 nitrogen and oxygen atoms in total. The molecule has 0 spiro atoms. The second-order valence-corrected chi connectivity index (χ2v) is 7.18. The molecule has 0 saturated heterocycles. The molecule has 0 bridgehead atoms. The van der Waals surface area contributed by atoms with E-state index in [0.717, 1.165) is 17.0 Å². The number of hydrogen-bond donors (Lipinski definition) is 2. The van der Waals surface area contributed by atoms with Crippen molar-refractivity contribution in [3.8, 4) is 11.4 Å². The van der Waals surface area contributed by atoms with Crippen molar-refractivity contribution in [3.05, 3.63) is 52.9 Å². The third-order valence-corrected chi connectivity index (χ3v) is 4.65. The van der Waals surface area contributed by atoms with E-state index in [-0.39, 0.29) is 18.1 Å². The van der Waals surface area contributed by atoms with Crippen molar-refractivity contribution in [1.29, 1.82) is 0 Å². The summed E-state index contributed by atoms with van der Waals surface area (Å²) >= 11 is 5.93.